The lowest BCUT2D eigenvalue weighted by Crippen LogP contribution is -2.39. The predicted molar refractivity (Wildman–Crippen MR) is 104 cm³/mol. The van der Waals surface area contributed by atoms with Gasteiger partial charge in [-0.15, -0.1) is 5.10 Å². The van der Waals surface area contributed by atoms with Crippen molar-refractivity contribution < 1.29 is 9.53 Å². The van der Waals surface area contributed by atoms with E-state index in [4.69, 9.17) is 4.74 Å². The van der Waals surface area contributed by atoms with Gasteiger partial charge >= 0.3 is 0 Å². The van der Waals surface area contributed by atoms with Crippen molar-refractivity contribution in [1.29, 1.82) is 0 Å². The van der Waals surface area contributed by atoms with Gasteiger partial charge in [-0.3, -0.25) is 9.69 Å². The maximum Gasteiger partial charge on any atom is 0.244 e. The van der Waals surface area contributed by atoms with Crippen LogP contribution in [0.25, 0.3) is 0 Å². The Hall–Kier alpha value is -2.48. The van der Waals surface area contributed by atoms with Crippen molar-refractivity contribution in [3.8, 4) is 5.75 Å². The number of piperidine rings is 1. The molecule has 28 heavy (non-hydrogen) atoms. The fourth-order valence-electron chi connectivity index (χ4n) is 3.89. The number of tetrazole rings is 1. The van der Waals surface area contributed by atoms with Gasteiger partial charge in [0.1, 0.15) is 18.4 Å². The Morgan fingerprint density at radius 1 is 1.29 bits per heavy atom. The number of amides is 1. The largest absolute Gasteiger partial charge is 0.488 e. The quantitative estimate of drug-likeness (QED) is 0.749. The van der Waals surface area contributed by atoms with Crippen molar-refractivity contribution in [2.75, 3.05) is 26.7 Å². The molecule has 1 aromatic carbocycles. The van der Waals surface area contributed by atoms with Crippen LogP contribution in [0.2, 0.25) is 0 Å². The molecule has 0 spiro atoms. The lowest BCUT2D eigenvalue weighted by Gasteiger charge is -2.29. The fourth-order valence-corrected chi connectivity index (χ4v) is 3.89. The number of likely N-dealkylation sites (tertiary alicyclic amines) is 1. The van der Waals surface area contributed by atoms with Gasteiger partial charge in [0, 0.05) is 13.5 Å². The third kappa shape index (κ3) is 4.32. The number of hydrogen-bond donors (Lipinski definition) is 0. The summed E-state index contributed by atoms with van der Waals surface area (Å²) < 4.78 is 7.57. The zero-order valence-electron chi connectivity index (χ0n) is 16.6. The summed E-state index contributed by atoms with van der Waals surface area (Å²) in [6.45, 7) is 5.81. The molecule has 0 aliphatic carbocycles. The summed E-state index contributed by atoms with van der Waals surface area (Å²) in [5.74, 6) is 2.44. The van der Waals surface area contributed by atoms with Gasteiger partial charge in [-0.1, -0.05) is 25.1 Å². The Kier molecular flexibility index (Phi) is 5.57. The first-order valence-corrected chi connectivity index (χ1v) is 10.0. The van der Waals surface area contributed by atoms with Crippen LogP contribution in [0, 0.1) is 5.92 Å². The van der Waals surface area contributed by atoms with Crippen molar-refractivity contribution in [2.24, 2.45) is 5.92 Å². The van der Waals surface area contributed by atoms with E-state index in [0.29, 0.717) is 13.1 Å². The highest BCUT2D eigenvalue weighted by molar-refractivity contribution is 5.75. The number of fused-ring (bicyclic) bond motifs is 1. The molecule has 8 nitrogen and oxygen atoms in total. The van der Waals surface area contributed by atoms with E-state index in [1.807, 2.05) is 25.2 Å². The van der Waals surface area contributed by atoms with E-state index in [9.17, 15) is 4.79 Å². The molecule has 0 saturated carbocycles. The Bertz CT molecular complexity index is 790. The van der Waals surface area contributed by atoms with Crippen LogP contribution in [0.3, 0.4) is 0 Å². The first-order valence-electron chi connectivity index (χ1n) is 10.0. The van der Waals surface area contributed by atoms with Crippen LogP contribution in [0.1, 0.15) is 31.2 Å². The summed E-state index contributed by atoms with van der Waals surface area (Å²) >= 11 is 0. The van der Waals surface area contributed by atoms with Crippen molar-refractivity contribution in [2.45, 2.75) is 45.4 Å². The summed E-state index contributed by atoms with van der Waals surface area (Å²) in [6.07, 6.45) is 3.23. The molecule has 0 bridgehead atoms. The predicted octanol–water partition coefficient (Wildman–Crippen LogP) is 1.37. The van der Waals surface area contributed by atoms with Crippen LogP contribution in [0.15, 0.2) is 24.3 Å². The molecule has 4 rings (SSSR count). The third-order valence-corrected chi connectivity index (χ3v) is 5.75. The molecule has 2 aromatic rings. The smallest absolute Gasteiger partial charge is 0.244 e. The van der Waals surface area contributed by atoms with Gasteiger partial charge in [0.05, 0.1) is 13.1 Å². The van der Waals surface area contributed by atoms with Crippen molar-refractivity contribution in [3.05, 3.63) is 35.7 Å². The third-order valence-electron chi connectivity index (χ3n) is 5.75. The summed E-state index contributed by atoms with van der Waals surface area (Å²) in [5, 5.41) is 12.0. The molecule has 1 saturated heterocycles. The molecular formula is C20H28N6O2. The molecule has 2 aliphatic rings. The van der Waals surface area contributed by atoms with Gasteiger partial charge in [-0.2, -0.15) is 0 Å². The second-order valence-electron chi connectivity index (χ2n) is 8.04. The van der Waals surface area contributed by atoms with Crippen LogP contribution in [-0.2, 0) is 24.3 Å². The van der Waals surface area contributed by atoms with E-state index < -0.39 is 0 Å². The topological polar surface area (TPSA) is 76.4 Å². The monoisotopic (exact) mass is 384 g/mol. The molecular weight excluding hydrogens is 356 g/mol. The molecule has 0 unspecified atom stereocenters. The Morgan fingerprint density at radius 3 is 2.86 bits per heavy atom. The minimum absolute atomic E-state index is 0.00460. The van der Waals surface area contributed by atoms with Crippen LogP contribution < -0.4 is 4.74 Å². The maximum atomic E-state index is 12.7. The van der Waals surface area contributed by atoms with Crippen LogP contribution in [0.5, 0.6) is 5.75 Å². The Morgan fingerprint density at radius 2 is 2.07 bits per heavy atom. The molecule has 3 heterocycles. The highest BCUT2D eigenvalue weighted by atomic mass is 16.5. The van der Waals surface area contributed by atoms with Crippen LogP contribution in [-0.4, -0.2) is 68.7 Å². The van der Waals surface area contributed by atoms with Crippen molar-refractivity contribution in [3.63, 3.8) is 0 Å². The lowest BCUT2D eigenvalue weighted by molar-refractivity contribution is -0.131. The summed E-state index contributed by atoms with van der Waals surface area (Å²) in [7, 11) is 1.81. The molecule has 1 fully saturated rings. The zero-order chi connectivity index (χ0) is 19.5. The first kappa shape index (κ1) is 18.9. The second kappa shape index (κ2) is 8.26. The van der Waals surface area contributed by atoms with Crippen molar-refractivity contribution >= 4 is 5.91 Å². The number of carbonyl (C=O) groups excluding carboxylic acids is 1. The second-order valence-corrected chi connectivity index (χ2v) is 8.04. The molecule has 150 valence electrons. The van der Waals surface area contributed by atoms with E-state index >= 15 is 0 Å². The number of benzene rings is 1. The average molecular weight is 384 g/mol. The number of aromatic nitrogens is 4. The summed E-state index contributed by atoms with van der Waals surface area (Å²) in [4.78, 5) is 16.8. The van der Waals surface area contributed by atoms with E-state index in [1.165, 1.54) is 18.4 Å². The van der Waals surface area contributed by atoms with Gasteiger partial charge < -0.3 is 9.64 Å². The van der Waals surface area contributed by atoms with Crippen LogP contribution in [0.4, 0.5) is 0 Å². The number of nitrogens with zero attached hydrogens (tertiary/aromatic N) is 6. The van der Waals surface area contributed by atoms with Crippen molar-refractivity contribution in [1.82, 2.24) is 30.0 Å². The molecule has 1 atom stereocenters. The first-order chi connectivity index (χ1) is 13.6. The van der Waals surface area contributed by atoms with E-state index in [0.717, 1.165) is 37.0 Å². The van der Waals surface area contributed by atoms with Gasteiger partial charge in [-0.25, -0.2) is 4.68 Å². The summed E-state index contributed by atoms with van der Waals surface area (Å²) in [6, 6.07) is 8.04. The molecule has 1 aromatic heterocycles. The standard InChI is InChI=1S/C20H28N6O2/c1-15-7-9-25(10-8-15)13-19-21-22-23-26(19)14-20(27)24(2)12-17-11-16-5-3-4-6-18(16)28-17/h3-6,15,17H,7-14H2,1-2H3/t17-/m0/s1. The highest BCUT2D eigenvalue weighted by Crippen LogP contribution is 2.28. The molecule has 2 aliphatic heterocycles. The van der Waals surface area contributed by atoms with E-state index in [-0.39, 0.29) is 18.6 Å². The average Bonchev–Trinajstić information content (AvgIpc) is 3.29. The normalized spacial score (nSPS) is 20.0. The number of ether oxygens (including phenoxy) is 1. The fraction of sp³-hybridized carbons (Fsp3) is 0.600. The number of para-hydroxylation sites is 1. The van der Waals surface area contributed by atoms with Gasteiger partial charge in [0.25, 0.3) is 0 Å². The maximum absolute atomic E-state index is 12.7. The van der Waals surface area contributed by atoms with E-state index in [2.05, 4.69) is 33.4 Å². The zero-order valence-corrected chi connectivity index (χ0v) is 16.6. The van der Waals surface area contributed by atoms with E-state index in [1.54, 1.807) is 9.58 Å². The lowest BCUT2D eigenvalue weighted by atomic mass is 9.99. The number of likely N-dealkylation sites (N-methyl/N-ethyl adjacent to an activating group) is 1. The van der Waals surface area contributed by atoms with Gasteiger partial charge in [-0.05, 0) is 53.9 Å². The Balaban J connectivity index is 1.30. The minimum atomic E-state index is -0.0135. The molecule has 1 amide bonds. The number of rotatable bonds is 6. The number of carbonyl (C=O) groups is 1. The molecule has 8 heteroatoms. The Labute approximate surface area is 165 Å². The van der Waals surface area contributed by atoms with Gasteiger partial charge in [0.15, 0.2) is 5.82 Å². The van der Waals surface area contributed by atoms with Gasteiger partial charge in [0.2, 0.25) is 5.91 Å². The molecule has 0 N–H and O–H groups in total. The molecule has 0 radical (unpaired) electrons. The minimum Gasteiger partial charge on any atom is -0.488 e. The number of hydrogen-bond acceptors (Lipinski definition) is 6. The van der Waals surface area contributed by atoms with Crippen LogP contribution >= 0.6 is 0 Å². The highest BCUT2D eigenvalue weighted by Gasteiger charge is 2.26. The SMILES string of the molecule is CC1CCN(Cc2nnnn2CC(=O)N(C)C[C@@H]2Cc3ccccc3O2)CC1. The summed E-state index contributed by atoms with van der Waals surface area (Å²) in [5.41, 5.74) is 1.20.